The van der Waals surface area contributed by atoms with E-state index in [1.807, 2.05) is 0 Å². The van der Waals surface area contributed by atoms with Crippen LogP contribution in [0.4, 0.5) is 0 Å². The summed E-state index contributed by atoms with van der Waals surface area (Å²) in [6, 6.07) is 8.99. The van der Waals surface area contributed by atoms with Gasteiger partial charge in [-0.2, -0.15) is 0 Å². The second kappa shape index (κ2) is 13.3. The molecule has 160 valence electrons. The topological polar surface area (TPSA) is 58.1 Å². The minimum atomic E-state index is 0. The molecule has 1 saturated heterocycles. The highest BCUT2D eigenvalue weighted by molar-refractivity contribution is 14.0. The number of hydrogen-bond acceptors (Lipinski definition) is 4. The molecular weight excluding hydrogens is 467 g/mol. The summed E-state index contributed by atoms with van der Waals surface area (Å²) < 4.78 is 11.0. The van der Waals surface area contributed by atoms with Crippen LogP contribution in [-0.4, -0.2) is 62.5 Å². The first-order valence-electron chi connectivity index (χ1n) is 9.99. The number of nitrogens with zero attached hydrogens (tertiary/aromatic N) is 2. The summed E-state index contributed by atoms with van der Waals surface area (Å²) in [5, 5.41) is 6.64. The first-order chi connectivity index (χ1) is 13.0. The molecule has 1 heterocycles. The highest BCUT2D eigenvalue weighted by Gasteiger charge is 2.21. The predicted molar refractivity (Wildman–Crippen MR) is 126 cm³/mol. The standard InChI is InChI=1S/C21H36N4O2.HI/c1-6-22-21(24-16(2)15-26-5)23-11-19-7-9-20(10-8-19)14-25-12-17(3)27-18(4)13-25;/h7-10,16-18H,6,11-15H2,1-5H3,(H2,22,23,24);1H. The lowest BCUT2D eigenvalue weighted by molar-refractivity contribution is -0.0704. The number of hydrogen-bond donors (Lipinski definition) is 2. The molecule has 0 saturated carbocycles. The molecule has 0 radical (unpaired) electrons. The van der Waals surface area contributed by atoms with Gasteiger partial charge in [0.1, 0.15) is 0 Å². The third-order valence-corrected chi connectivity index (χ3v) is 4.49. The van der Waals surface area contributed by atoms with Crippen LogP contribution in [0.2, 0.25) is 0 Å². The number of rotatable bonds is 8. The Hall–Kier alpha value is -0.900. The Morgan fingerprint density at radius 3 is 2.39 bits per heavy atom. The molecule has 0 aliphatic carbocycles. The molecule has 28 heavy (non-hydrogen) atoms. The number of methoxy groups -OCH3 is 1. The fourth-order valence-corrected chi connectivity index (χ4v) is 3.44. The zero-order valence-electron chi connectivity index (χ0n) is 17.9. The SMILES string of the molecule is CCNC(=NCc1ccc(CN2CC(C)OC(C)C2)cc1)NC(C)COC.I. The van der Waals surface area contributed by atoms with Crippen LogP contribution in [0.25, 0.3) is 0 Å². The molecule has 1 aliphatic heterocycles. The third kappa shape index (κ3) is 9.07. The van der Waals surface area contributed by atoms with Crippen molar-refractivity contribution in [2.75, 3.05) is 33.4 Å². The zero-order valence-corrected chi connectivity index (χ0v) is 20.2. The number of nitrogens with one attached hydrogen (secondary N) is 2. The molecule has 1 aromatic carbocycles. The van der Waals surface area contributed by atoms with Crippen molar-refractivity contribution in [1.29, 1.82) is 0 Å². The van der Waals surface area contributed by atoms with Crippen LogP contribution < -0.4 is 10.6 Å². The number of aliphatic imine (C=N–C) groups is 1. The van der Waals surface area contributed by atoms with Crippen LogP contribution in [0.15, 0.2) is 29.3 Å². The minimum absolute atomic E-state index is 0. The number of guanidine groups is 1. The maximum atomic E-state index is 5.81. The van der Waals surface area contributed by atoms with Gasteiger partial charge in [0, 0.05) is 39.3 Å². The quantitative estimate of drug-likeness (QED) is 0.324. The van der Waals surface area contributed by atoms with Crippen molar-refractivity contribution in [3.8, 4) is 0 Å². The Balaban J connectivity index is 0.00000392. The van der Waals surface area contributed by atoms with E-state index in [1.54, 1.807) is 7.11 Å². The number of halogens is 1. The van der Waals surface area contributed by atoms with E-state index in [0.717, 1.165) is 32.1 Å². The first kappa shape index (κ1) is 25.1. The Labute approximate surface area is 187 Å². The van der Waals surface area contributed by atoms with E-state index in [9.17, 15) is 0 Å². The fourth-order valence-electron chi connectivity index (χ4n) is 3.44. The molecule has 3 atom stereocenters. The molecule has 1 aliphatic rings. The van der Waals surface area contributed by atoms with Gasteiger partial charge in [-0.25, -0.2) is 4.99 Å². The van der Waals surface area contributed by atoms with E-state index in [4.69, 9.17) is 9.47 Å². The van der Waals surface area contributed by atoms with Crippen LogP contribution in [0.5, 0.6) is 0 Å². The fraction of sp³-hybridized carbons (Fsp3) is 0.667. The lowest BCUT2D eigenvalue weighted by Crippen LogP contribution is -2.44. The number of morpholine rings is 1. The molecule has 2 rings (SSSR count). The highest BCUT2D eigenvalue weighted by atomic mass is 127. The summed E-state index contributed by atoms with van der Waals surface area (Å²) in [7, 11) is 1.71. The van der Waals surface area contributed by atoms with E-state index < -0.39 is 0 Å². The van der Waals surface area contributed by atoms with Gasteiger partial charge in [0.15, 0.2) is 5.96 Å². The molecule has 0 spiro atoms. The summed E-state index contributed by atoms with van der Waals surface area (Å²) in [6.45, 7) is 13.5. The second-order valence-corrected chi connectivity index (χ2v) is 7.46. The van der Waals surface area contributed by atoms with Gasteiger partial charge in [-0.3, -0.25) is 4.90 Å². The van der Waals surface area contributed by atoms with Gasteiger partial charge >= 0.3 is 0 Å². The van der Waals surface area contributed by atoms with E-state index in [0.29, 0.717) is 25.4 Å². The summed E-state index contributed by atoms with van der Waals surface area (Å²) in [5.41, 5.74) is 2.54. The summed E-state index contributed by atoms with van der Waals surface area (Å²) in [4.78, 5) is 7.15. The number of benzene rings is 1. The van der Waals surface area contributed by atoms with E-state index in [2.05, 4.69) is 72.5 Å². The zero-order chi connectivity index (χ0) is 19.6. The van der Waals surface area contributed by atoms with E-state index in [-0.39, 0.29) is 30.0 Å². The minimum Gasteiger partial charge on any atom is -0.383 e. The van der Waals surface area contributed by atoms with Crippen LogP contribution in [0.3, 0.4) is 0 Å². The van der Waals surface area contributed by atoms with E-state index >= 15 is 0 Å². The maximum Gasteiger partial charge on any atom is 0.191 e. The maximum absolute atomic E-state index is 5.81. The summed E-state index contributed by atoms with van der Waals surface area (Å²) in [6.07, 6.45) is 0.611. The van der Waals surface area contributed by atoms with Gasteiger partial charge < -0.3 is 20.1 Å². The van der Waals surface area contributed by atoms with Crippen molar-refractivity contribution in [2.24, 2.45) is 4.99 Å². The van der Waals surface area contributed by atoms with Gasteiger partial charge in [0.25, 0.3) is 0 Å². The molecule has 6 nitrogen and oxygen atoms in total. The lowest BCUT2D eigenvalue weighted by Gasteiger charge is -2.35. The Bertz CT molecular complexity index is 572. The Morgan fingerprint density at radius 1 is 1.21 bits per heavy atom. The molecule has 0 bridgehead atoms. The van der Waals surface area contributed by atoms with Gasteiger partial charge in [0.2, 0.25) is 0 Å². The average molecular weight is 504 g/mol. The molecule has 1 fully saturated rings. The largest absolute Gasteiger partial charge is 0.383 e. The third-order valence-electron chi connectivity index (χ3n) is 4.49. The summed E-state index contributed by atoms with van der Waals surface area (Å²) >= 11 is 0. The van der Waals surface area contributed by atoms with Gasteiger partial charge in [-0.15, -0.1) is 24.0 Å². The van der Waals surface area contributed by atoms with Crippen molar-refractivity contribution >= 4 is 29.9 Å². The predicted octanol–water partition coefficient (Wildman–Crippen LogP) is 3.00. The molecular formula is C21H37IN4O2. The van der Waals surface area contributed by atoms with Crippen molar-refractivity contribution in [2.45, 2.75) is 59.0 Å². The molecule has 3 unspecified atom stereocenters. The van der Waals surface area contributed by atoms with Crippen molar-refractivity contribution in [3.05, 3.63) is 35.4 Å². The highest BCUT2D eigenvalue weighted by Crippen LogP contribution is 2.15. The lowest BCUT2D eigenvalue weighted by atomic mass is 10.1. The monoisotopic (exact) mass is 504 g/mol. The van der Waals surface area contributed by atoms with Crippen LogP contribution >= 0.6 is 24.0 Å². The number of ether oxygens (including phenoxy) is 2. The van der Waals surface area contributed by atoms with E-state index in [1.165, 1.54) is 11.1 Å². The second-order valence-electron chi connectivity index (χ2n) is 7.46. The molecule has 0 aromatic heterocycles. The smallest absolute Gasteiger partial charge is 0.191 e. The molecule has 7 heteroatoms. The molecule has 1 aromatic rings. The van der Waals surface area contributed by atoms with Crippen LogP contribution in [0, 0.1) is 0 Å². The van der Waals surface area contributed by atoms with Gasteiger partial charge in [-0.05, 0) is 38.8 Å². The first-order valence-corrected chi connectivity index (χ1v) is 9.99. The normalized spacial score (nSPS) is 21.7. The summed E-state index contributed by atoms with van der Waals surface area (Å²) in [5.74, 6) is 0.822. The van der Waals surface area contributed by atoms with Crippen molar-refractivity contribution < 1.29 is 9.47 Å². The van der Waals surface area contributed by atoms with Crippen molar-refractivity contribution in [3.63, 3.8) is 0 Å². The van der Waals surface area contributed by atoms with Crippen LogP contribution in [-0.2, 0) is 22.6 Å². The van der Waals surface area contributed by atoms with Crippen LogP contribution in [0.1, 0.15) is 38.8 Å². The van der Waals surface area contributed by atoms with Crippen molar-refractivity contribution in [1.82, 2.24) is 15.5 Å². The van der Waals surface area contributed by atoms with Gasteiger partial charge in [0.05, 0.1) is 25.4 Å². The average Bonchev–Trinajstić information content (AvgIpc) is 2.60. The Kier molecular flexibility index (Phi) is 12.0. The molecule has 2 N–H and O–H groups in total. The molecule has 0 amide bonds. The Morgan fingerprint density at radius 2 is 1.82 bits per heavy atom. The van der Waals surface area contributed by atoms with Gasteiger partial charge in [-0.1, -0.05) is 24.3 Å².